The fourth-order valence-corrected chi connectivity index (χ4v) is 3.96. The molecule has 2 aromatic rings. The molecule has 0 atom stereocenters. The molecule has 22 heavy (non-hydrogen) atoms. The Morgan fingerprint density at radius 3 is 2.59 bits per heavy atom. The fourth-order valence-electron chi connectivity index (χ4n) is 2.31. The van der Waals surface area contributed by atoms with Gasteiger partial charge in [-0.2, -0.15) is 0 Å². The molecule has 4 nitrogen and oxygen atoms in total. The highest BCUT2D eigenvalue weighted by molar-refractivity contribution is 7.90. The van der Waals surface area contributed by atoms with Gasteiger partial charge in [0.1, 0.15) is 0 Å². The first-order chi connectivity index (χ1) is 10.5. The number of aromatic nitrogens is 1. The van der Waals surface area contributed by atoms with Gasteiger partial charge in [0.2, 0.25) is 0 Å². The highest BCUT2D eigenvalue weighted by Gasteiger charge is 2.10. The minimum absolute atomic E-state index is 0.353. The lowest BCUT2D eigenvalue weighted by molar-refractivity contribution is 0.602. The van der Waals surface area contributed by atoms with Gasteiger partial charge in [-0.25, -0.2) is 13.4 Å². The van der Waals surface area contributed by atoms with Crippen LogP contribution in [0.25, 0.3) is 10.2 Å². The van der Waals surface area contributed by atoms with Crippen LogP contribution in [0.5, 0.6) is 0 Å². The van der Waals surface area contributed by atoms with Gasteiger partial charge in [0.25, 0.3) is 0 Å². The van der Waals surface area contributed by atoms with Crippen molar-refractivity contribution in [2.24, 2.45) is 0 Å². The first-order valence-corrected chi connectivity index (χ1v) is 10.6. The van der Waals surface area contributed by atoms with Gasteiger partial charge in [0.05, 0.1) is 15.1 Å². The van der Waals surface area contributed by atoms with Gasteiger partial charge in [0.15, 0.2) is 15.0 Å². The molecule has 0 saturated carbocycles. The van der Waals surface area contributed by atoms with E-state index in [0.29, 0.717) is 4.90 Å². The van der Waals surface area contributed by atoms with Gasteiger partial charge in [0, 0.05) is 12.8 Å². The van der Waals surface area contributed by atoms with Crippen molar-refractivity contribution in [3.63, 3.8) is 0 Å². The minimum atomic E-state index is -3.16. The summed E-state index contributed by atoms with van der Waals surface area (Å²) < 4.78 is 24.1. The summed E-state index contributed by atoms with van der Waals surface area (Å²) in [6.45, 7) is 3.15. The largest absolute Gasteiger partial charge is 0.361 e. The van der Waals surface area contributed by atoms with Gasteiger partial charge in [-0.3, -0.25) is 0 Å². The number of thiazole rings is 1. The van der Waals surface area contributed by atoms with E-state index in [0.717, 1.165) is 28.3 Å². The number of hydrogen-bond donors (Lipinski definition) is 1. The Morgan fingerprint density at radius 2 is 1.86 bits per heavy atom. The topological polar surface area (TPSA) is 59.1 Å². The summed E-state index contributed by atoms with van der Waals surface area (Å²) in [5.74, 6) is 0. The van der Waals surface area contributed by atoms with Crippen LogP contribution in [0.15, 0.2) is 23.1 Å². The molecule has 6 heteroatoms. The summed E-state index contributed by atoms with van der Waals surface area (Å²) in [6.07, 6.45) is 8.85. The highest BCUT2D eigenvalue weighted by atomic mass is 32.2. The molecule has 1 heterocycles. The molecular formula is C16H24N2O2S2. The van der Waals surface area contributed by atoms with Gasteiger partial charge in [-0.15, -0.1) is 0 Å². The number of benzene rings is 1. The van der Waals surface area contributed by atoms with E-state index in [4.69, 9.17) is 0 Å². The van der Waals surface area contributed by atoms with E-state index in [1.54, 1.807) is 18.2 Å². The number of fused-ring (bicyclic) bond motifs is 1. The lowest BCUT2D eigenvalue weighted by atomic mass is 10.1. The normalized spacial score (nSPS) is 11.9. The van der Waals surface area contributed by atoms with Crippen LogP contribution < -0.4 is 5.32 Å². The van der Waals surface area contributed by atoms with Crippen molar-refractivity contribution in [2.75, 3.05) is 18.1 Å². The quantitative estimate of drug-likeness (QED) is 0.684. The zero-order chi connectivity index (χ0) is 16.0. The molecule has 1 aromatic carbocycles. The molecule has 0 radical (unpaired) electrons. The number of nitrogens with zero attached hydrogens (tertiary/aromatic N) is 1. The van der Waals surface area contributed by atoms with Crippen LogP contribution in [0.2, 0.25) is 0 Å². The molecule has 0 unspecified atom stereocenters. The highest BCUT2D eigenvalue weighted by Crippen LogP contribution is 2.28. The molecule has 122 valence electrons. The summed E-state index contributed by atoms with van der Waals surface area (Å²) >= 11 is 1.51. The molecule has 0 aliphatic carbocycles. The van der Waals surface area contributed by atoms with E-state index in [1.165, 1.54) is 49.7 Å². The molecule has 1 aromatic heterocycles. The van der Waals surface area contributed by atoms with Crippen LogP contribution in [0.4, 0.5) is 5.13 Å². The summed E-state index contributed by atoms with van der Waals surface area (Å²) in [6, 6.07) is 5.10. The van der Waals surface area contributed by atoms with Crippen LogP contribution in [-0.2, 0) is 9.84 Å². The van der Waals surface area contributed by atoms with Gasteiger partial charge in [-0.1, -0.05) is 50.4 Å². The first-order valence-electron chi connectivity index (χ1n) is 7.85. The maximum Gasteiger partial charge on any atom is 0.183 e. The number of anilines is 1. The minimum Gasteiger partial charge on any atom is -0.361 e. The van der Waals surface area contributed by atoms with E-state index >= 15 is 0 Å². The van der Waals surface area contributed by atoms with Gasteiger partial charge < -0.3 is 5.32 Å². The first kappa shape index (κ1) is 17.2. The molecule has 1 N–H and O–H groups in total. The molecule has 0 spiro atoms. The van der Waals surface area contributed by atoms with Crippen LogP contribution in [0.3, 0.4) is 0 Å². The molecular weight excluding hydrogens is 316 g/mol. The van der Waals surface area contributed by atoms with Crippen molar-refractivity contribution in [3.8, 4) is 0 Å². The second-order valence-electron chi connectivity index (χ2n) is 5.62. The van der Waals surface area contributed by atoms with E-state index < -0.39 is 9.84 Å². The fraction of sp³-hybridized carbons (Fsp3) is 0.562. The summed E-state index contributed by atoms with van der Waals surface area (Å²) in [5.41, 5.74) is 0.850. The van der Waals surface area contributed by atoms with E-state index in [9.17, 15) is 8.42 Å². The molecule has 0 aliphatic heterocycles. The van der Waals surface area contributed by atoms with Crippen molar-refractivity contribution in [2.45, 2.75) is 50.3 Å². The average molecular weight is 341 g/mol. The Balaban J connectivity index is 1.88. The SMILES string of the molecule is CCCCCCCCNc1nc2ccc(S(C)(=O)=O)cc2s1. The predicted molar refractivity (Wildman–Crippen MR) is 94.6 cm³/mol. The zero-order valence-electron chi connectivity index (χ0n) is 13.3. The Labute approximate surface area is 136 Å². The molecule has 0 saturated heterocycles. The van der Waals surface area contributed by atoms with Crippen molar-refractivity contribution in [3.05, 3.63) is 18.2 Å². The summed E-state index contributed by atoms with van der Waals surface area (Å²) in [4.78, 5) is 4.85. The van der Waals surface area contributed by atoms with Crippen LogP contribution >= 0.6 is 11.3 Å². The second kappa shape index (κ2) is 7.92. The third-order valence-electron chi connectivity index (χ3n) is 3.59. The lowest BCUT2D eigenvalue weighted by Crippen LogP contribution is -2.00. The molecule has 0 bridgehead atoms. The maximum absolute atomic E-state index is 11.6. The Hall–Kier alpha value is -1.14. The molecule has 0 fully saturated rings. The zero-order valence-corrected chi connectivity index (χ0v) is 14.9. The van der Waals surface area contributed by atoms with Crippen LogP contribution in [-0.4, -0.2) is 26.2 Å². The number of unbranched alkanes of at least 4 members (excludes halogenated alkanes) is 5. The molecule has 0 aliphatic rings. The molecule has 0 amide bonds. The Kier molecular flexibility index (Phi) is 6.20. The van der Waals surface area contributed by atoms with E-state index in [1.807, 2.05) is 0 Å². The van der Waals surface area contributed by atoms with Crippen molar-refractivity contribution < 1.29 is 8.42 Å². The monoisotopic (exact) mass is 340 g/mol. The maximum atomic E-state index is 11.6. The smallest absolute Gasteiger partial charge is 0.183 e. The van der Waals surface area contributed by atoms with E-state index in [2.05, 4.69) is 17.2 Å². The van der Waals surface area contributed by atoms with Gasteiger partial charge >= 0.3 is 0 Å². The summed E-state index contributed by atoms with van der Waals surface area (Å²) in [7, 11) is -3.16. The second-order valence-corrected chi connectivity index (χ2v) is 8.66. The average Bonchev–Trinajstić information content (AvgIpc) is 2.87. The van der Waals surface area contributed by atoms with Gasteiger partial charge in [-0.05, 0) is 24.6 Å². The van der Waals surface area contributed by atoms with Crippen molar-refractivity contribution in [1.29, 1.82) is 0 Å². The third-order valence-corrected chi connectivity index (χ3v) is 5.68. The van der Waals surface area contributed by atoms with Crippen molar-refractivity contribution in [1.82, 2.24) is 4.98 Å². The van der Waals surface area contributed by atoms with Crippen molar-refractivity contribution >= 4 is 36.5 Å². The lowest BCUT2D eigenvalue weighted by Gasteiger charge is -2.02. The number of rotatable bonds is 9. The Bertz CT molecular complexity index is 708. The number of hydrogen-bond acceptors (Lipinski definition) is 5. The third kappa shape index (κ3) is 4.95. The molecule has 2 rings (SSSR count). The van der Waals surface area contributed by atoms with Crippen LogP contribution in [0, 0.1) is 0 Å². The summed E-state index contributed by atoms with van der Waals surface area (Å²) in [5, 5.41) is 4.21. The Morgan fingerprint density at radius 1 is 1.14 bits per heavy atom. The van der Waals surface area contributed by atoms with Crippen LogP contribution in [0.1, 0.15) is 45.4 Å². The number of sulfone groups is 1. The van der Waals surface area contributed by atoms with E-state index in [-0.39, 0.29) is 0 Å². The number of nitrogens with one attached hydrogen (secondary N) is 1. The standard InChI is InChI=1S/C16H24N2O2S2/c1-3-4-5-6-7-8-11-17-16-18-14-10-9-13(22(2,19)20)12-15(14)21-16/h9-10,12H,3-8,11H2,1-2H3,(H,17,18). The predicted octanol–water partition coefficient (Wildman–Crippen LogP) is 4.47.